The standard InChI is InChI=1S/C23H16Cl2FNO6/c1-2-32-23(31)22(30)27-14-9-17(24)21(18(25)10-14)33-15-7-8-19(28)16(11-15)20(29)12-3-5-13(26)6-4-12/h3-11,28H,2H2,1H3,(H,27,30). The number of hydrogen-bond donors (Lipinski definition) is 2. The third-order valence-corrected chi connectivity index (χ3v) is 4.82. The van der Waals surface area contributed by atoms with Crippen molar-refractivity contribution in [2.45, 2.75) is 6.92 Å². The lowest BCUT2D eigenvalue weighted by Gasteiger charge is -2.13. The number of carbonyl (C=O) groups excluding carboxylic acids is 3. The predicted molar refractivity (Wildman–Crippen MR) is 120 cm³/mol. The van der Waals surface area contributed by atoms with Gasteiger partial charge in [-0.3, -0.25) is 9.59 Å². The molecule has 0 saturated carbocycles. The van der Waals surface area contributed by atoms with Crippen molar-refractivity contribution >= 4 is 46.5 Å². The Balaban J connectivity index is 1.84. The number of rotatable bonds is 6. The Morgan fingerprint density at radius 2 is 1.64 bits per heavy atom. The van der Waals surface area contributed by atoms with Crippen molar-refractivity contribution in [1.29, 1.82) is 0 Å². The molecule has 3 rings (SSSR count). The van der Waals surface area contributed by atoms with Crippen LogP contribution in [0.4, 0.5) is 10.1 Å². The smallest absolute Gasteiger partial charge is 0.397 e. The van der Waals surface area contributed by atoms with Crippen molar-refractivity contribution in [3.63, 3.8) is 0 Å². The number of ketones is 1. The molecule has 0 bridgehead atoms. The average molecular weight is 492 g/mol. The molecule has 10 heteroatoms. The van der Waals surface area contributed by atoms with Crippen LogP contribution in [0.3, 0.4) is 0 Å². The van der Waals surface area contributed by atoms with Gasteiger partial charge in [0.25, 0.3) is 0 Å². The molecule has 0 saturated heterocycles. The lowest BCUT2D eigenvalue weighted by Crippen LogP contribution is -2.24. The van der Waals surface area contributed by atoms with Gasteiger partial charge in [-0.1, -0.05) is 23.2 Å². The number of nitrogens with one attached hydrogen (secondary N) is 1. The zero-order chi connectivity index (χ0) is 24.1. The SMILES string of the molecule is CCOC(=O)C(=O)Nc1cc(Cl)c(Oc2ccc(O)c(C(=O)c3ccc(F)cc3)c2)c(Cl)c1. The maximum atomic E-state index is 13.1. The molecule has 0 aliphatic heterocycles. The topological polar surface area (TPSA) is 102 Å². The molecule has 0 radical (unpaired) electrons. The van der Waals surface area contributed by atoms with Gasteiger partial charge in [0.05, 0.1) is 22.2 Å². The van der Waals surface area contributed by atoms with Gasteiger partial charge in [-0.15, -0.1) is 0 Å². The van der Waals surface area contributed by atoms with Crippen LogP contribution < -0.4 is 10.1 Å². The van der Waals surface area contributed by atoms with Crippen molar-refractivity contribution in [2.75, 3.05) is 11.9 Å². The van der Waals surface area contributed by atoms with Crippen LogP contribution in [0.5, 0.6) is 17.2 Å². The Bertz CT molecular complexity index is 1210. The zero-order valence-electron chi connectivity index (χ0n) is 17.0. The molecule has 0 fully saturated rings. The summed E-state index contributed by atoms with van der Waals surface area (Å²) >= 11 is 12.4. The molecule has 3 aromatic carbocycles. The first-order valence-corrected chi connectivity index (χ1v) is 10.2. The van der Waals surface area contributed by atoms with Crippen molar-refractivity contribution in [3.8, 4) is 17.2 Å². The largest absolute Gasteiger partial charge is 0.507 e. The number of aromatic hydroxyl groups is 1. The van der Waals surface area contributed by atoms with Crippen LogP contribution in [0.1, 0.15) is 22.8 Å². The molecule has 0 heterocycles. The fraction of sp³-hybridized carbons (Fsp3) is 0.0870. The van der Waals surface area contributed by atoms with Gasteiger partial charge in [0.1, 0.15) is 17.3 Å². The Morgan fingerprint density at radius 1 is 1.00 bits per heavy atom. The van der Waals surface area contributed by atoms with Crippen LogP contribution >= 0.6 is 23.2 Å². The number of carbonyl (C=O) groups is 3. The third-order valence-electron chi connectivity index (χ3n) is 4.26. The Morgan fingerprint density at radius 3 is 2.24 bits per heavy atom. The number of anilines is 1. The molecule has 7 nitrogen and oxygen atoms in total. The molecular formula is C23H16Cl2FNO6. The summed E-state index contributed by atoms with van der Waals surface area (Å²) < 4.78 is 23.4. The highest BCUT2D eigenvalue weighted by Crippen LogP contribution is 2.39. The van der Waals surface area contributed by atoms with E-state index >= 15 is 0 Å². The second kappa shape index (κ2) is 10.3. The fourth-order valence-electron chi connectivity index (χ4n) is 2.74. The highest BCUT2D eigenvalue weighted by molar-refractivity contribution is 6.39. The monoisotopic (exact) mass is 491 g/mol. The van der Waals surface area contributed by atoms with Crippen LogP contribution in [0, 0.1) is 5.82 Å². The predicted octanol–water partition coefficient (Wildman–Crippen LogP) is 5.36. The second-order valence-corrected chi connectivity index (χ2v) is 7.38. The maximum Gasteiger partial charge on any atom is 0.397 e. The lowest BCUT2D eigenvalue weighted by molar-refractivity contribution is -0.152. The quantitative estimate of drug-likeness (QED) is 0.273. The third kappa shape index (κ3) is 5.79. The van der Waals surface area contributed by atoms with Crippen LogP contribution in [0.15, 0.2) is 54.6 Å². The molecule has 0 atom stereocenters. The van der Waals surface area contributed by atoms with E-state index in [4.69, 9.17) is 27.9 Å². The van der Waals surface area contributed by atoms with Gasteiger partial charge in [0, 0.05) is 11.3 Å². The van der Waals surface area contributed by atoms with Crippen molar-refractivity contribution < 1.29 is 33.4 Å². The highest BCUT2D eigenvalue weighted by atomic mass is 35.5. The van der Waals surface area contributed by atoms with Crippen molar-refractivity contribution in [1.82, 2.24) is 0 Å². The van der Waals surface area contributed by atoms with E-state index in [9.17, 15) is 23.9 Å². The normalized spacial score (nSPS) is 10.4. The van der Waals surface area contributed by atoms with E-state index in [-0.39, 0.29) is 50.7 Å². The molecule has 0 unspecified atom stereocenters. The summed E-state index contributed by atoms with van der Waals surface area (Å²) in [6, 6.07) is 11.4. The summed E-state index contributed by atoms with van der Waals surface area (Å²) in [7, 11) is 0. The Hall–Kier alpha value is -3.62. The van der Waals surface area contributed by atoms with Gasteiger partial charge < -0.3 is 19.9 Å². The van der Waals surface area contributed by atoms with E-state index in [2.05, 4.69) is 10.1 Å². The summed E-state index contributed by atoms with van der Waals surface area (Å²) in [5, 5.41) is 12.4. The van der Waals surface area contributed by atoms with Gasteiger partial charge in [0.15, 0.2) is 11.5 Å². The number of hydrogen-bond acceptors (Lipinski definition) is 6. The first-order valence-electron chi connectivity index (χ1n) is 9.48. The number of halogens is 3. The minimum Gasteiger partial charge on any atom is -0.507 e. The van der Waals surface area contributed by atoms with Gasteiger partial charge in [-0.2, -0.15) is 0 Å². The first kappa shape index (κ1) is 24.0. The molecule has 33 heavy (non-hydrogen) atoms. The van der Waals surface area contributed by atoms with Crippen LogP contribution in [0.2, 0.25) is 10.0 Å². The minimum atomic E-state index is -1.06. The van der Waals surface area contributed by atoms with Crippen molar-refractivity contribution in [2.24, 2.45) is 0 Å². The molecule has 170 valence electrons. The minimum absolute atomic E-state index is 0.00106. The maximum absolute atomic E-state index is 13.1. The summed E-state index contributed by atoms with van der Waals surface area (Å²) in [6.45, 7) is 1.60. The number of phenolic OH excluding ortho intramolecular Hbond substituents is 1. The number of benzene rings is 3. The van der Waals surface area contributed by atoms with Gasteiger partial charge in [-0.25, -0.2) is 9.18 Å². The van der Waals surface area contributed by atoms with Gasteiger partial charge in [0.2, 0.25) is 0 Å². The second-order valence-electron chi connectivity index (χ2n) is 6.56. The zero-order valence-corrected chi connectivity index (χ0v) is 18.5. The van der Waals surface area contributed by atoms with E-state index < -0.39 is 23.5 Å². The molecule has 1 amide bonds. The lowest BCUT2D eigenvalue weighted by atomic mass is 10.0. The van der Waals surface area contributed by atoms with E-state index in [1.807, 2.05) is 0 Å². The Labute approximate surface area is 197 Å². The highest BCUT2D eigenvalue weighted by Gasteiger charge is 2.19. The van der Waals surface area contributed by atoms with Crippen LogP contribution in [0.25, 0.3) is 0 Å². The van der Waals surface area contributed by atoms with Crippen molar-refractivity contribution in [3.05, 3.63) is 81.6 Å². The van der Waals surface area contributed by atoms with E-state index in [0.717, 1.165) is 12.1 Å². The van der Waals surface area contributed by atoms with Gasteiger partial charge in [-0.05, 0) is 61.5 Å². The average Bonchev–Trinajstić information content (AvgIpc) is 2.77. The number of ether oxygens (including phenoxy) is 2. The number of phenols is 1. The van der Waals surface area contributed by atoms with Crippen LogP contribution in [-0.2, 0) is 14.3 Å². The van der Waals surface area contributed by atoms with E-state index in [1.165, 1.54) is 42.5 Å². The molecule has 2 N–H and O–H groups in total. The number of esters is 1. The first-order chi connectivity index (χ1) is 15.7. The van der Waals surface area contributed by atoms with E-state index in [0.29, 0.717) is 0 Å². The molecule has 0 aliphatic carbocycles. The summed E-state index contributed by atoms with van der Waals surface area (Å²) in [4.78, 5) is 36.0. The summed E-state index contributed by atoms with van der Waals surface area (Å²) in [6.07, 6.45) is 0. The molecule has 0 aliphatic rings. The summed E-state index contributed by atoms with van der Waals surface area (Å²) in [5.74, 6) is -3.27. The molecule has 3 aromatic rings. The molecular weight excluding hydrogens is 476 g/mol. The van der Waals surface area contributed by atoms with E-state index in [1.54, 1.807) is 6.92 Å². The Kier molecular flexibility index (Phi) is 7.52. The number of amides is 1. The molecule has 0 spiro atoms. The molecule has 0 aromatic heterocycles. The summed E-state index contributed by atoms with van der Waals surface area (Å²) in [5.41, 5.74) is 0.222. The van der Waals surface area contributed by atoms with Crippen LogP contribution in [-0.4, -0.2) is 29.4 Å². The fourth-order valence-corrected chi connectivity index (χ4v) is 3.31. The van der Waals surface area contributed by atoms with Gasteiger partial charge >= 0.3 is 11.9 Å².